The van der Waals surface area contributed by atoms with E-state index in [0.29, 0.717) is 22.3 Å². The highest BCUT2D eigenvalue weighted by Crippen LogP contribution is 2.34. The summed E-state index contributed by atoms with van der Waals surface area (Å²) in [6, 6.07) is 23.9. The molecule has 0 spiro atoms. The van der Waals surface area contributed by atoms with Gasteiger partial charge in [-0.3, -0.25) is 9.59 Å². The molecule has 0 saturated heterocycles. The number of hydrogen-bond acceptors (Lipinski definition) is 5. The number of fused-ring (bicyclic) bond motifs is 1. The average molecular weight is 501 g/mol. The van der Waals surface area contributed by atoms with Crippen LogP contribution in [0.25, 0.3) is 22.3 Å². The molecule has 0 aliphatic rings. The Hall–Kier alpha value is -4.99. The van der Waals surface area contributed by atoms with Gasteiger partial charge in [-0.25, -0.2) is 4.98 Å². The van der Waals surface area contributed by atoms with Gasteiger partial charge in [-0.1, -0.05) is 54.6 Å². The van der Waals surface area contributed by atoms with Crippen molar-refractivity contribution in [1.29, 1.82) is 0 Å². The summed E-state index contributed by atoms with van der Waals surface area (Å²) in [6.45, 7) is 0. The van der Waals surface area contributed by atoms with Crippen LogP contribution in [0.5, 0.6) is 0 Å². The number of H-pyrrole nitrogens is 1. The Bertz CT molecular complexity index is 1670. The van der Waals surface area contributed by atoms with Gasteiger partial charge in [-0.05, 0) is 30.3 Å². The van der Waals surface area contributed by atoms with Crippen LogP contribution in [0.2, 0.25) is 0 Å². The van der Waals surface area contributed by atoms with E-state index < -0.39 is 23.3 Å². The van der Waals surface area contributed by atoms with Gasteiger partial charge in [0.1, 0.15) is 17.2 Å². The van der Waals surface area contributed by atoms with Crippen molar-refractivity contribution in [1.82, 2.24) is 15.0 Å². The molecule has 0 aliphatic heterocycles. The second kappa shape index (κ2) is 9.57. The molecule has 3 N–H and O–H groups in total. The third-order valence-corrected chi connectivity index (χ3v) is 5.44. The van der Waals surface area contributed by atoms with Gasteiger partial charge in [-0.15, -0.1) is 0 Å². The Balaban J connectivity index is 1.42. The zero-order valence-electron chi connectivity index (χ0n) is 19.0. The minimum atomic E-state index is -4.61. The fourth-order valence-corrected chi connectivity index (χ4v) is 3.77. The summed E-state index contributed by atoms with van der Waals surface area (Å²) in [4.78, 5) is 35.5. The molecule has 0 radical (unpaired) electrons. The fraction of sp³-hybridized carbons (Fsp3) is 0.0370. The molecule has 0 atom stereocenters. The van der Waals surface area contributed by atoms with Crippen LogP contribution in [-0.4, -0.2) is 20.9 Å². The number of nitrogens with zero attached hydrogens (tertiary/aromatic N) is 2. The summed E-state index contributed by atoms with van der Waals surface area (Å²) in [5.41, 5.74) is 0.263. The Labute approximate surface area is 208 Å². The van der Waals surface area contributed by atoms with Crippen molar-refractivity contribution in [2.75, 3.05) is 10.6 Å². The molecule has 0 bridgehead atoms. The molecule has 3 aromatic carbocycles. The molecule has 10 heteroatoms. The van der Waals surface area contributed by atoms with Crippen LogP contribution < -0.4 is 16.2 Å². The van der Waals surface area contributed by atoms with Gasteiger partial charge < -0.3 is 15.6 Å². The van der Waals surface area contributed by atoms with Gasteiger partial charge >= 0.3 is 6.18 Å². The van der Waals surface area contributed by atoms with Crippen molar-refractivity contribution in [3.8, 4) is 11.4 Å². The Morgan fingerprint density at radius 2 is 1.54 bits per heavy atom. The SMILES string of the molecule is O=C(Nc1cccc(Nc2cc(C(F)(F)F)nc3ccccc23)c1)c1cc(=O)nc(-c2ccccc2)[nH]1. The first-order valence-electron chi connectivity index (χ1n) is 11.1. The lowest BCUT2D eigenvalue weighted by molar-refractivity contribution is -0.140. The maximum atomic E-state index is 13.4. The molecule has 0 unspecified atom stereocenters. The van der Waals surface area contributed by atoms with Crippen molar-refractivity contribution in [2.45, 2.75) is 6.18 Å². The van der Waals surface area contributed by atoms with Crippen molar-refractivity contribution in [3.63, 3.8) is 0 Å². The lowest BCUT2D eigenvalue weighted by atomic mass is 10.1. The molecule has 184 valence electrons. The molecule has 37 heavy (non-hydrogen) atoms. The standard InChI is InChI=1S/C27H18F3N5O2/c28-27(29,30)23-14-21(19-11-4-5-12-20(19)33-23)31-17-9-6-10-18(13-17)32-26(37)22-15-24(36)35-25(34-22)16-7-2-1-3-8-16/h1-15H,(H,31,33)(H,32,37)(H,34,35,36). The predicted molar refractivity (Wildman–Crippen MR) is 135 cm³/mol. The number of amides is 1. The summed E-state index contributed by atoms with van der Waals surface area (Å²) in [5, 5.41) is 6.19. The van der Waals surface area contributed by atoms with E-state index in [-0.39, 0.29) is 22.7 Å². The van der Waals surface area contributed by atoms with E-state index in [1.165, 1.54) is 6.07 Å². The molecule has 0 saturated carbocycles. The van der Waals surface area contributed by atoms with Gasteiger partial charge in [-0.2, -0.15) is 18.2 Å². The molecule has 5 aromatic rings. The van der Waals surface area contributed by atoms with Crippen LogP contribution in [-0.2, 0) is 6.18 Å². The number of alkyl halides is 3. The van der Waals surface area contributed by atoms with E-state index >= 15 is 0 Å². The van der Waals surface area contributed by atoms with E-state index in [4.69, 9.17) is 0 Å². The number of benzene rings is 3. The third kappa shape index (κ3) is 5.32. The van der Waals surface area contributed by atoms with Crippen LogP contribution in [0.1, 0.15) is 16.2 Å². The molecule has 2 aromatic heterocycles. The lowest BCUT2D eigenvalue weighted by Crippen LogP contribution is -2.19. The minimum absolute atomic E-state index is 0.00663. The van der Waals surface area contributed by atoms with E-state index in [1.807, 2.05) is 6.07 Å². The summed E-state index contributed by atoms with van der Waals surface area (Å²) in [5.74, 6) is -0.332. The van der Waals surface area contributed by atoms with Gasteiger partial charge in [0.05, 0.1) is 11.2 Å². The molecule has 2 heterocycles. The number of carbonyl (C=O) groups is 1. The van der Waals surface area contributed by atoms with Gasteiger partial charge in [0.2, 0.25) is 0 Å². The summed E-state index contributed by atoms with van der Waals surface area (Å²) in [7, 11) is 0. The first-order chi connectivity index (χ1) is 17.8. The number of rotatable bonds is 5. The van der Waals surface area contributed by atoms with Gasteiger partial charge in [0, 0.05) is 28.4 Å². The third-order valence-electron chi connectivity index (χ3n) is 5.44. The van der Waals surface area contributed by atoms with Crippen molar-refractivity contribution >= 4 is 33.9 Å². The van der Waals surface area contributed by atoms with Crippen molar-refractivity contribution < 1.29 is 18.0 Å². The molecule has 0 fully saturated rings. The topological polar surface area (TPSA) is 99.8 Å². The van der Waals surface area contributed by atoms with Crippen LogP contribution in [0, 0.1) is 0 Å². The number of aromatic amines is 1. The lowest BCUT2D eigenvalue weighted by Gasteiger charge is -2.14. The Kier molecular flexibility index (Phi) is 6.14. The number of nitrogens with one attached hydrogen (secondary N) is 3. The first kappa shape index (κ1) is 23.7. The van der Waals surface area contributed by atoms with Crippen LogP contribution >= 0.6 is 0 Å². The maximum absolute atomic E-state index is 13.4. The predicted octanol–water partition coefficient (Wildman–Crippen LogP) is 6.00. The quantitative estimate of drug-likeness (QED) is 0.274. The van der Waals surface area contributed by atoms with Gasteiger partial charge in [0.25, 0.3) is 11.5 Å². The zero-order valence-corrected chi connectivity index (χ0v) is 19.0. The van der Waals surface area contributed by atoms with E-state index in [9.17, 15) is 22.8 Å². The van der Waals surface area contributed by atoms with E-state index in [0.717, 1.165) is 12.1 Å². The Morgan fingerprint density at radius 1 is 0.811 bits per heavy atom. The van der Waals surface area contributed by atoms with Crippen LogP contribution in [0.4, 0.5) is 30.2 Å². The van der Waals surface area contributed by atoms with Crippen molar-refractivity contribution in [3.05, 3.63) is 113 Å². The molecule has 7 nitrogen and oxygen atoms in total. The normalized spacial score (nSPS) is 11.3. The largest absolute Gasteiger partial charge is 0.433 e. The number of anilines is 3. The average Bonchev–Trinajstić information content (AvgIpc) is 2.88. The fourth-order valence-electron chi connectivity index (χ4n) is 3.77. The molecule has 5 rings (SSSR count). The highest BCUT2D eigenvalue weighted by molar-refractivity contribution is 6.03. The highest BCUT2D eigenvalue weighted by atomic mass is 19.4. The summed E-state index contributed by atoms with van der Waals surface area (Å²) >= 11 is 0. The molecule has 1 amide bonds. The molecular weight excluding hydrogens is 483 g/mol. The minimum Gasteiger partial charge on any atom is -0.355 e. The Morgan fingerprint density at radius 3 is 2.32 bits per heavy atom. The van der Waals surface area contributed by atoms with E-state index in [2.05, 4.69) is 25.6 Å². The maximum Gasteiger partial charge on any atom is 0.433 e. The van der Waals surface area contributed by atoms with Crippen LogP contribution in [0.3, 0.4) is 0 Å². The highest BCUT2D eigenvalue weighted by Gasteiger charge is 2.33. The monoisotopic (exact) mass is 501 g/mol. The van der Waals surface area contributed by atoms with Crippen LogP contribution in [0.15, 0.2) is 95.8 Å². The second-order valence-corrected chi connectivity index (χ2v) is 8.08. The number of para-hydroxylation sites is 1. The number of carbonyl (C=O) groups excluding carboxylic acids is 1. The number of pyridine rings is 1. The number of hydrogen-bond donors (Lipinski definition) is 3. The first-order valence-corrected chi connectivity index (χ1v) is 11.1. The smallest absolute Gasteiger partial charge is 0.355 e. The number of halogens is 3. The second-order valence-electron chi connectivity index (χ2n) is 8.08. The summed E-state index contributed by atoms with van der Waals surface area (Å²) in [6.07, 6.45) is -4.61. The van der Waals surface area contributed by atoms with E-state index in [1.54, 1.807) is 66.7 Å². The zero-order chi connectivity index (χ0) is 26.0. The molecule has 0 aliphatic carbocycles. The molecular formula is C27H18F3N5O2. The summed E-state index contributed by atoms with van der Waals surface area (Å²) < 4.78 is 40.2. The van der Waals surface area contributed by atoms with Gasteiger partial charge in [0.15, 0.2) is 0 Å². The number of aromatic nitrogens is 3. The van der Waals surface area contributed by atoms with Crippen molar-refractivity contribution in [2.24, 2.45) is 0 Å².